The molecule has 2 rings (SSSR count). The molecule has 0 bridgehead atoms. The van der Waals surface area contributed by atoms with Crippen LogP contribution in [0.5, 0.6) is 0 Å². The normalized spacial score (nSPS) is 13.7. The quantitative estimate of drug-likeness (QED) is 0.116. The number of guanidine groups is 1. The summed E-state index contributed by atoms with van der Waals surface area (Å²) >= 11 is 0. The summed E-state index contributed by atoms with van der Waals surface area (Å²) in [5, 5.41) is 24.8. The fraction of sp³-hybridized carbons (Fsp3) is 0.300. The third-order valence-corrected chi connectivity index (χ3v) is 3.74. The molecule has 7 N–H and O–H groups in total. The number of carboxylic acid groups (broad SMARTS) is 2. The van der Waals surface area contributed by atoms with E-state index >= 15 is 0 Å². The Morgan fingerprint density at radius 3 is 2.50 bits per heavy atom. The number of allylic oxidation sites excluding steroid dienone is 1. The number of nitrogens with two attached hydrogens (primary N) is 1. The van der Waals surface area contributed by atoms with Crippen molar-refractivity contribution in [3.63, 3.8) is 0 Å². The van der Waals surface area contributed by atoms with Crippen LogP contribution in [0.3, 0.4) is 0 Å². The molecule has 0 spiro atoms. The maximum Gasteiger partial charge on any atom is 0.328 e. The van der Waals surface area contributed by atoms with Crippen LogP contribution in [0, 0.1) is 0 Å². The average Bonchev–Trinajstić information content (AvgIpc) is 3.12. The third kappa shape index (κ3) is 9.51. The molecule has 0 atom stereocenters. The predicted molar refractivity (Wildman–Crippen MR) is 115 cm³/mol. The molecule has 0 unspecified atom stereocenters. The number of aliphatic hydroxyl groups is 1. The molecule has 1 heterocycles. The van der Waals surface area contributed by atoms with Crippen LogP contribution in [0.25, 0.3) is 5.57 Å². The Bertz CT molecular complexity index is 830. The number of benzene rings is 1. The van der Waals surface area contributed by atoms with E-state index in [1.165, 1.54) is 6.42 Å². The van der Waals surface area contributed by atoms with Gasteiger partial charge in [-0.25, -0.2) is 9.59 Å². The number of aliphatic hydroxyl groups excluding tert-OH is 1. The molecule has 1 aromatic rings. The molecule has 1 aliphatic heterocycles. The Labute approximate surface area is 174 Å². The summed E-state index contributed by atoms with van der Waals surface area (Å²) in [7, 11) is 0. The minimum atomic E-state index is -1.26. The van der Waals surface area contributed by atoms with Gasteiger partial charge in [-0.1, -0.05) is 25.8 Å². The fourth-order valence-corrected chi connectivity index (χ4v) is 2.28. The predicted octanol–water partition coefficient (Wildman–Crippen LogP) is 1.55. The smallest absolute Gasteiger partial charge is 0.328 e. The first-order chi connectivity index (χ1) is 14.4. The molecule has 1 aromatic carbocycles. The summed E-state index contributed by atoms with van der Waals surface area (Å²) in [6.07, 6.45) is 8.05. The zero-order chi connectivity index (χ0) is 22.4. The van der Waals surface area contributed by atoms with Crippen LogP contribution in [-0.4, -0.2) is 46.0 Å². The minimum Gasteiger partial charge on any atom is -0.478 e. The molecule has 10 heteroatoms. The number of hydrogen-bond donors (Lipinski definition) is 6. The summed E-state index contributed by atoms with van der Waals surface area (Å²) in [4.78, 5) is 27.6. The molecule has 1 aliphatic rings. The molecule has 0 saturated heterocycles. The molecule has 0 amide bonds. The topological polar surface area (TPSA) is 170 Å². The van der Waals surface area contributed by atoms with E-state index in [1.54, 1.807) is 12.4 Å². The van der Waals surface area contributed by atoms with Crippen molar-refractivity contribution in [1.82, 2.24) is 10.9 Å². The fourth-order valence-electron chi connectivity index (χ4n) is 2.28. The zero-order valence-electron chi connectivity index (χ0n) is 16.7. The lowest BCUT2D eigenvalue weighted by Crippen LogP contribution is -2.39. The number of hydrazine groups is 1. The van der Waals surface area contributed by atoms with Gasteiger partial charge < -0.3 is 26.5 Å². The molecular formula is C20H27N5O5. The highest BCUT2D eigenvalue weighted by Crippen LogP contribution is 2.31. The molecule has 0 saturated carbocycles. The first-order valence-electron chi connectivity index (χ1n) is 9.31. The van der Waals surface area contributed by atoms with E-state index < -0.39 is 11.9 Å². The van der Waals surface area contributed by atoms with Crippen molar-refractivity contribution in [3.8, 4) is 0 Å². The first-order valence-corrected chi connectivity index (χ1v) is 9.31. The van der Waals surface area contributed by atoms with Crippen LogP contribution in [0.1, 0.15) is 37.3 Å². The third-order valence-electron chi connectivity index (χ3n) is 3.74. The number of aliphatic imine (C=N–C) groups is 2. The zero-order valence-corrected chi connectivity index (χ0v) is 16.7. The van der Waals surface area contributed by atoms with E-state index in [1.807, 2.05) is 18.2 Å². The van der Waals surface area contributed by atoms with Gasteiger partial charge in [0.15, 0.2) is 0 Å². The van der Waals surface area contributed by atoms with Gasteiger partial charge in [-0.2, -0.15) is 0 Å². The van der Waals surface area contributed by atoms with Gasteiger partial charge in [-0.05, 0) is 24.1 Å². The summed E-state index contributed by atoms with van der Waals surface area (Å²) in [5.41, 5.74) is 15.2. The average molecular weight is 417 g/mol. The van der Waals surface area contributed by atoms with E-state index in [2.05, 4.69) is 27.8 Å². The number of hydrogen-bond acceptors (Lipinski definition) is 6. The lowest BCUT2D eigenvalue weighted by Gasteiger charge is -2.06. The van der Waals surface area contributed by atoms with Gasteiger partial charge in [0.25, 0.3) is 0 Å². The van der Waals surface area contributed by atoms with Gasteiger partial charge in [-0.15, -0.1) is 0 Å². The Hall–Kier alpha value is -3.66. The Kier molecular flexibility index (Phi) is 11.0. The Balaban J connectivity index is 0.000000479. The van der Waals surface area contributed by atoms with Crippen LogP contribution in [0.4, 0.5) is 5.69 Å². The summed E-state index contributed by atoms with van der Waals surface area (Å²) in [6, 6.07) is 5.69. The molecule has 0 aliphatic carbocycles. The molecular weight excluding hydrogens is 390 g/mol. The van der Waals surface area contributed by atoms with Crippen molar-refractivity contribution in [2.24, 2.45) is 15.7 Å². The second kappa shape index (κ2) is 13.5. The van der Waals surface area contributed by atoms with Gasteiger partial charge in [-0.3, -0.25) is 15.4 Å². The van der Waals surface area contributed by atoms with E-state index in [0.29, 0.717) is 18.1 Å². The SMILES string of the molecule is CCCCCN=C(N)NN/C=C1\C=Nc2ccc(CO)cc21.O=C(O)/C=C/C(=O)O. The standard InChI is InChI=1S/C16H23N5O.C4H4O4/c1-2-3-4-7-18-16(17)21-20-10-13-9-19-15-6-5-12(11-22)8-14(13)15;5-3(6)1-2-4(7)8/h5-6,8-10,20,22H,2-4,7,11H2,1H3,(H3,17,18,21);1-2H,(H,5,6)(H,7,8)/b13-10+;2-1+. The molecule has 162 valence electrons. The van der Waals surface area contributed by atoms with E-state index in [4.69, 9.17) is 15.9 Å². The highest BCUT2D eigenvalue weighted by atomic mass is 16.4. The van der Waals surface area contributed by atoms with Crippen molar-refractivity contribution in [3.05, 3.63) is 47.7 Å². The summed E-state index contributed by atoms with van der Waals surface area (Å²) < 4.78 is 0. The van der Waals surface area contributed by atoms with E-state index in [0.717, 1.165) is 41.8 Å². The van der Waals surface area contributed by atoms with Crippen molar-refractivity contribution in [1.29, 1.82) is 0 Å². The Morgan fingerprint density at radius 2 is 1.90 bits per heavy atom. The van der Waals surface area contributed by atoms with Crippen LogP contribution in [-0.2, 0) is 16.2 Å². The van der Waals surface area contributed by atoms with Crippen molar-refractivity contribution in [2.45, 2.75) is 32.8 Å². The van der Waals surface area contributed by atoms with Crippen LogP contribution >= 0.6 is 0 Å². The highest BCUT2D eigenvalue weighted by molar-refractivity contribution is 6.16. The lowest BCUT2D eigenvalue weighted by molar-refractivity contribution is -0.134. The molecule has 30 heavy (non-hydrogen) atoms. The van der Waals surface area contributed by atoms with Crippen LogP contribution in [0.15, 0.2) is 46.5 Å². The van der Waals surface area contributed by atoms with Gasteiger partial charge >= 0.3 is 11.9 Å². The van der Waals surface area contributed by atoms with E-state index in [-0.39, 0.29) is 6.61 Å². The number of carbonyl (C=O) groups is 2. The number of aliphatic carboxylic acids is 2. The summed E-state index contributed by atoms with van der Waals surface area (Å²) in [5.74, 6) is -2.15. The van der Waals surface area contributed by atoms with Gasteiger partial charge in [0.2, 0.25) is 5.96 Å². The largest absolute Gasteiger partial charge is 0.478 e. The monoisotopic (exact) mass is 417 g/mol. The number of carboxylic acids is 2. The van der Waals surface area contributed by atoms with Crippen LogP contribution < -0.4 is 16.6 Å². The maximum atomic E-state index is 9.55. The lowest BCUT2D eigenvalue weighted by atomic mass is 10.1. The maximum absolute atomic E-state index is 9.55. The second-order valence-electron chi connectivity index (χ2n) is 6.12. The molecule has 0 fully saturated rings. The van der Waals surface area contributed by atoms with Crippen molar-refractivity contribution in [2.75, 3.05) is 6.54 Å². The van der Waals surface area contributed by atoms with Gasteiger partial charge in [0.05, 0.1) is 12.3 Å². The van der Waals surface area contributed by atoms with E-state index in [9.17, 15) is 14.7 Å². The number of nitrogens with one attached hydrogen (secondary N) is 2. The number of fused-ring (bicyclic) bond motifs is 1. The molecule has 0 aromatic heterocycles. The van der Waals surface area contributed by atoms with Gasteiger partial charge in [0.1, 0.15) is 0 Å². The number of unbranched alkanes of at least 4 members (excludes halogenated alkanes) is 2. The highest BCUT2D eigenvalue weighted by Gasteiger charge is 2.12. The van der Waals surface area contributed by atoms with Crippen molar-refractivity contribution >= 4 is 35.4 Å². The first kappa shape index (κ1) is 24.4. The van der Waals surface area contributed by atoms with Crippen LogP contribution in [0.2, 0.25) is 0 Å². The Morgan fingerprint density at radius 1 is 1.20 bits per heavy atom. The second-order valence-corrected chi connectivity index (χ2v) is 6.12. The molecule has 0 radical (unpaired) electrons. The van der Waals surface area contributed by atoms with Crippen molar-refractivity contribution < 1.29 is 24.9 Å². The number of nitrogens with zero attached hydrogens (tertiary/aromatic N) is 2. The van der Waals surface area contributed by atoms with Gasteiger partial charge in [0, 0.05) is 42.2 Å². The molecule has 10 nitrogen and oxygen atoms in total. The number of rotatable bonds is 9. The minimum absolute atomic E-state index is 0.0175. The summed E-state index contributed by atoms with van der Waals surface area (Å²) in [6.45, 7) is 2.90.